The number of sulfone groups is 1. The van der Waals surface area contributed by atoms with Crippen molar-refractivity contribution in [2.75, 3.05) is 5.88 Å². The molecule has 0 saturated carbocycles. The van der Waals surface area contributed by atoms with E-state index in [2.05, 4.69) is 4.58 Å². The molecule has 0 bridgehead atoms. The third-order valence-corrected chi connectivity index (χ3v) is 7.18. The van der Waals surface area contributed by atoms with Crippen molar-refractivity contribution in [1.29, 1.82) is 0 Å². The number of benzene rings is 3. The zero-order valence-electron chi connectivity index (χ0n) is 13.4. The average molecular weight is 366 g/mol. The van der Waals surface area contributed by atoms with Crippen LogP contribution in [0.15, 0.2) is 93.5 Å². The number of hydrogen-bond donors (Lipinski definition) is 0. The number of hydrogen-bond acceptors (Lipinski definition) is 3. The first-order chi connectivity index (χ1) is 12.2. The summed E-state index contributed by atoms with van der Waals surface area (Å²) in [6, 6.07) is 24.1. The summed E-state index contributed by atoms with van der Waals surface area (Å²) in [4.78, 5) is 1.53. The third kappa shape index (κ3) is 3.01. The Morgan fingerprint density at radius 3 is 2.20 bits per heavy atom. The molecule has 0 spiro atoms. The summed E-state index contributed by atoms with van der Waals surface area (Å²) in [5, 5.41) is 0. The minimum absolute atomic E-state index is 0.328. The van der Waals surface area contributed by atoms with Crippen molar-refractivity contribution in [3.05, 3.63) is 84.4 Å². The van der Waals surface area contributed by atoms with E-state index in [1.54, 1.807) is 48.2 Å². The predicted molar refractivity (Wildman–Crippen MR) is 101 cm³/mol. The van der Waals surface area contributed by atoms with Crippen LogP contribution in [-0.4, -0.2) is 25.1 Å². The van der Waals surface area contributed by atoms with Gasteiger partial charge in [-0.15, -0.1) is 0 Å². The fourth-order valence-corrected chi connectivity index (χ4v) is 5.72. The standard InChI is InChI=1S/C20H16NO2S2/c22-25(23,18-11-5-2-6-12-18)19-13-7-8-16-14-21(15-24-20(16)19)17-9-3-1-4-10-17/h1-14H,15H2/q+1. The van der Waals surface area contributed by atoms with Crippen molar-refractivity contribution in [3.63, 3.8) is 0 Å². The molecule has 3 aromatic rings. The van der Waals surface area contributed by atoms with Crippen LogP contribution in [-0.2, 0) is 9.84 Å². The monoisotopic (exact) mass is 366 g/mol. The van der Waals surface area contributed by atoms with E-state index in [9.17, 15) is 8.42 Å². The second kappa shape index (κ2) is 6.50. The summed E-state index contributed by atoms with van der Waals surface area (Å²) < 4.78 is 28.2. The number of fused-ring (bicyclic) bond motifs is 1. The zero-order chi connectivity index (χ0) is 17.3. The number of para-hydroxylation sites is 1. The summed E-state index contributed by atoms with van der Waals surface area (Å²) >= 11 is 1.56. The molecule has 1 aliphatic rings. The van der Waals surface area contributed by atoms with Gasteiger partial charge in [0.2, 0.25) is 15.5 Å². The molecule has 0 unspecified atom stereocenters. The van der Waals surface area contributed by atoms with Gasteiger partial charge in [-0.05, 0) is 24.3 Å². The fourth-order valence-electron chi connectivity index (χ4n) is 2.83. The minimum Gasteiger partial charge on any atom is -0.218 e. The third-order valence-electron chi connectivity index (χ3n) is 4.08. The van der Waals surface area contributed by atoms with Crippen LogP contribution in [0.25, 0.3) is 0 Å². The first-order valence-corrected chi connectivity index (χ1v) is 10.4. The van der Waals surface area contributed by atoms with Gasteiger partial charge in [-0.3, -0.25) is 0 Å². The second-order valence-electron chi connectivity index (χ2n) is 5.70. The number of thioether (sulfide) groups is 1. The van der Waals surface area contributed by atoms with Gasteiger partial charge >= 0.3 is 0 Å². The van der Waals surface area contributed by atoms with Gasteiger partial charge in [0.15, 0.2) is 12.1 Å². The maximum atomic E-state index is 13.0. The average Bonchev–Trinajstić information content (AvgIpc) is 2.68. The minimum atomic E-state index is -3.52. The van der Waals surface area contributed by atoms with E-state index in [-0.39, 0.29) is 0 Å². The predicted octanol–water partition coefficient (Wildman–Crippen LogP) is 4.35. The molecule has 3 nitrogen and oxygen atoms in total. The Morgan fingerprint density at radius 1 is 0.800 bits per heavy atom. The molecule has 0 atom stereocenters. The van der Waals surface area contributed by atoms with Gasteiger partial charge in [0.1, 0.15) is 0 Å². The van der Waals surface area contributed by atoms with Gasteiger partial charge in [-0.1, -0.05) is 54.2 Å². The van der Waals surface area contributed by atoms with Gasteiger partial charge in [0, 0.05) is 17.0 Å². The largest absolute Gasteiger partial charge is 0.218 e. The van der Waals surface area contributed by atoms with Crippen molar-refractivity contribution in [1.82, 2.24) is 0 Å². The lowest BCUT2D eigenvalue weighted by Gasteiger charge is -2.15. The molecule has 0 radical (unpaired) electrons. The molecule has 1 aliphatic heterocycles. The van der Waals surface area contributed by atoms with Gasteiger partial charge in [-0.2, -0.15) is 4.58 Å². The summed E-state index contributed by atoms with van der Waals surface area (Å²) in [6.45, 7) is 0. The Kier molecular flexibility index (Phi) is 4.19. The lowest BCUT2D eigenvalue weighted by Crippen LogP contribution is -2.15. The van der Waals surface area contributed by atoms with Crippen molar-refractivity contribution in [3.8, 4) is 0 Å². The van der Waals surface area contributed by atoms with Gasteiger partial charge in [0.25, 0.3) is 0 Å². The highest BCUT2D eigenvalue weighted by Gasteiger charge is 2.27. The highest BCUT2D eigenvalue weighted by molar-refractivity contribution is 8.00. The second-order valence-corrected chi connectivity index (χ2v) is 8.57. The topological polar surface area (TPSA) is 37.1 Å². The summed E-state index contributed by atoms with van der Waals surface area (Å²) in [7, 11) is -3.52. The normalized spacial score (nSPS) is 13.8. The summed E-state index contributed by atoms with van der Waals surface area (Å²) in [6.07, 6.45) is 2.02. The molecule has 3 aromatic carbocycles. The Labute approximate surface area is 151 Å². The van der Waals surface area contributed by atoms with Crippen LogP contribution in [0.4, 0.5) is 5.69 Å². The smallest absolute Gasteiger partial charge is 0.207 e. The van der Waals surface area contributed by atoms with Crippen LogP contribution < -0.4 is 0 Å². The fraction of sp³-hybridized carbons (Fsp3) is 0.0500. The van der Waals surface area contributed by atoms with E-state index in [1.807, 2.05) is 48.7 Å². The van der Waals surface area contributed by atoms with Gasteiger partial charge in [0.05, 0.1) is 15.4 Å². The van der Waals surface area contributed by atoms with E-state index in [4.69, 9.17) is 0 Å². The van der Waals surface area contributed by atoms with Crippen molar-refractivity contribution in [2.24, 2.45) is 0 Å². The first-order valence-electron chi connectivity index (χ1n) is 7.89. The Balaban J connectivity index is 1.82. The molecule has 0 fully saturated rings. The van der Waals surface area contributed by atoms with Crippen LogP contribution in [0.1, 0.15) is 5.56 Å². The molecule has 0 N–H and O–H groups in total. The van der Waals surface area contributed by atoms with Crippen LogP contribution in [0.5, 0.6) is 0 Å². The van der Waals surface area contributed by atoms with Crippen LogP contribution >= 0.6 is 11.8 Å². The van der Waals surface area contributed by atoms with Crippen LogP contribution in [0.2, 0.25) is 0 Å². The SMILES string of the molecule is O=S(=O)(c1ccccc1)c1cccc2c1SC[N+](c1ccccc1)=C2. The van der Waals surface area contributed by atoms with E-state index in [0.717, 1.165) is 16.1 Å². The van der Waals surface area contributed by atoms with Gasteiger partial charge in [-0.25, -0.2) is 8.42 Å². The summed E-state index contributed by atoms with van der Waals surface area (Å²) in [5.41, 5.74) is 2.02. The Morgan fingerprint density at radius 2 is 1.48 bits per heavy atom. The van der Waals surface area contributed by atoms with E-state index in [1.165, 1.54) is 0 Å². The molecule has 1 heterocycles. The number of nitrogens with zero attached hydrogens (tertiary/aromatic N) is 1. The highest BCUT2D eigenvalue weighted by Crippen LogP contribution is 2.36. The maximum absolute atomic E-state index is 13.0. The molecule has 4 rings (SSSR count). The van der Waals surface area contributed by atoms with E-state index in [0.29, 0.717) is 15.7 Å². The van der Waals surface area contributed by atoms with Crippen molar-refractivity contribution < 1.29 is 13.0 Å². The highest BCUT2D eigenvalue weighted by atomic mass is 32.2. The lowest BCUT2D eigenvalue weighted by atomic mass is 10.2. The van der Waals surface area contributed by atoms with E-state index < -0.39 is 9.84 Å². The van der Waals surface area contributed by atoms with Gasteiger partial charge < -0.3 is 0 Å². The number of rotatable bonds is 3. The molecule has 0 aromatic heterocycles. The molecule has 0 saturated heterocycles. The molecular weight excluding hydrogens is 350 g/mol. The van der Waals surface area contributed by atoms with Crippen molar-refractivity contribution >= 4 is 33.5 Å². The molecule has 124 valence electrons. The van der Waals surface area contributed by atoms with Crippen molar-refractivity contribution in [2.45, 2.75) is 14.7 Å². The molecule has 25 heavy (non-hydrogen) atoms. The maximum Gasteiger partial charge on any atom is 0.207 e. The first kappa shape index (κ1) is 16.1. The Bertz CT molecular complexity index is 1040. The molecule has 0 amide bonds. The lowest BCUT2D eigenvalue weighted by molar-refractivity contribution is -0.411. The molecule has 0 aliphatic carbocycles. The molecule has 5 heteroatoms. The van der Waals surface area contributed by atoms with E-state index >= 15 is 0 Å². The van der Waals surface area contributed by atoms with Crippen LogP contribution in [0, 0.1) is 0 Å². The van der Waals surface area contributed by atoms with Crippen LogP contribution in [0.3, 0.4) is 0 Å². The zero-order valence-corrected chi connectivity index (χ0v) is 15.0. The summed E-state index contributed by atoms with van der Waals surface area (Å²) in [5.74, 6) is 0.679. The molecular formula is C20H16NO2S2+. The quantitative estimate of drug-likeness (QED) is 0.647. The Hall–Kier alpha value is -2.37.